The molecule has 2 aromatic rings. The fourth-order valence-corrected chi connectivity index (χ4v) is 2.37. The van der Waals surface area contributed by atoms with Gasteiger partial charge in [-0.25, -0.2) is 0 Å². The van der Waals surface area contributed by atoms with Gasteiger partial charge in [0.05, 0.1) is 17.6 Å². The number of benzene rings is 2. The fraction of sp³-hybridized carbons (Fsp3) is 0.118. The first kappa shape index (κ1) is 14.8. The van der Waals surface area contributed by atoms with Gasteiger partial charge in [-0.1, -0.05) is 12.1 Å². The highest BCUT2D eigenvalue weighted by Crippen LogP contribution is 2.31. The van der Waals surface area contributed by atoms with Crippen molar-refractivity contribution in [2.24, 2.45) is 0 Å². The van der Waals surface area contributed by atoms with E-state index in [2.05, 4.69) is 0 Å². The third kappa shape index (κ3) is 2.91. The van der Waals surface area contributed by atoms with Gasteiger partial charge in [0, 0.05) is 17.7 Å². The van der Waals surface area contributed by atoms with Crippen LogP contribution in [0.4, 0.5) is 5.69 Å². The van der Waals surface area contributed by atoms with E-state index in [1.807, 2.05) is 0 Å². The molecule has 1 aliphatic heterocycles. The molecule has 0 aromatic heterocycles. The molecule has 6 nitrogen and oxygen atoms in total. The first-order chi connectivity index (χ1) is 11.1. The zero-order chi connectivity index (χ0) is 16.4. The molecule has 0 atom stereocenters. The Labute approximate surface area is 132 Å². The van der Waals surface area contributed by atoms with Gasteiger partial charge in [0.15, 0.2) is 5.78 Å². The zero-order valence-electron chi connectivity index (χ0n) is 12.3. The van der Waals surface area contributed by atoms with Gasteiger partial charge < -0.3 is 9.47 Å². The van der Waals surface area contributed by atoms with E-state index >= 15 is 0 Å². The summed E-state index contributed by atoms with van der Waals surface area (Å²) in [5.74, 6) is 0.904. The molecule has 0 fully saturated rings. The number of hydrogen-bond donors (Lipinski definition) is 0. The molecular formula is C17H13NO5. The Balaban J connectivity index is 1.97. The van der Waals surface area contributed by atoms with E-state index in [9.17, 15) is 14.9 Å². The lowest BCUT2D eigenvalue weighted by atomic mass is 9.98. The molecular weight excluding hydrogens is 298 g/mol. The summed E-state index contributed by atoms with van der Waals surface area (Å²) in [6.45, 7) is 0.126. The molecule has 0 unspecified atom stereocenters. The number of nitrogens with zero attached hydrogens (tertiary/aromatic N) is 1. The van der Waals surface area contributed by atoms with Crippen LogP contribution in [0.25, 0.3) is 6.08 Å². The highest BCUT2D eigenvalue weighted by atomic mass is 16.6. The third-order valence-corrected chi connectivity index (χ3v) is 3.53. The van der Waals surface area contributed by atoms with E-state index in [1.54, 1.807) is 36.4 Å². The minimum atomic E-state index is -0.471. The molecule has 1 aliphatic rings. The van der Waals surface area contributed by atoms with Crippen LogP contribution in [0.15, 0.2) is 48.0 Å². The number of non-ortho nitro benzene ring substituents is 1. The van der Waals surface area contributed by atoms with Crippen molar-refractivity contribution < 1.29 is 19.2 Å². The lowest BCUT2D eigenvalue weighted by Crippen LogP contribution is -2.19. The Kier molecular flexibility index (Phi) is 3.80. The number of fused-ring (bicyclic) bond motifs is 1. The maximum absolute atomic E-state index is 12.6. The molecule has 116 valence electrons. The number of ether oxygens (including phenoxy) is 2. The molecule has 0 N–H and O–H groups in total. The number of Topliss-reactive ketones (excluding diaryl/α,β-unsaturated/α-hetero) is 1. The van der Waals surface area contributed by atoms with Crippen molar-refractivity contribution >= 4 is 17.5 Å². The molecule has 23 heavy (non-hydrogen) atoms. The topological polar surface area (TPSA) is 78.7 Å². The summed E-state index contributed by atoms with van der Waals surface area (Å²) in [5.41, 5.74) is 1.42. The number of ketones is 1. The number of rotatable bonds is 3. The Morgan fingerprint density at radius 3 is 2.83 bits per heavy atom. The Morgan fingerprint density at radius 2 is 2.09 bits per heavy atom. The lowest BCUT2D eigenvalue weighted by Gasteiger charge is -2.19. The van der Waals surface area contributed by atoms with Gasteiger partial charge in [0.25, 0.3) is 5.69 Å². The number of hydrogen-bond acceptors (Lipinski definition) is 5. The molecule has 0 spiro atoms. The van der Waals surface area contributed by atoms with Crippen molar-refractivity contribution in [2.75, 3.05) is 13.7 Å². The summed E-state index contributed by atoms with van der Waals surface area (Å²) in [6.07, 6.45) is 1.61. The Morgan fingerprint density at radius 1 is 1.26 bits per heavy atom. The smallest absolute Gasteiger partial charge is 0.270 e. The van der Waals surface area contributed by atoms with Gasteiger partial charge in [-0.3, -0.25) is 14.9 Å². The van der Waals surface area contributed by atoms with E-state index in [-0.39, 0.29) is 18.1 Å². The van der Waals surface area contributed by atoms with Crippen molar-refractivity contribution in [2.45, 2.75) is 0 Å². The van der Waals surface area contributed by atoms with Crippen LogP contribution in [0.3, 0.4) is 0 Å². The van der Waals surface area contributed by atoms with Crippen molar-refractivity contribution in [3.8, 4) is 11.5 Å². The number of nitro groups is 1. The Hall–Kier alpha value is -3.15. The summed E-state index contributed by atoms with van der Waals surface area (Å²) in [6, 6.07) is 11.1. The van der Waals surface area contributed by atoms with Crippen molar-refractivity contribution in [1.82, 2.24) is 0 Å². The Bertz CT molecular complexity index is 825. The van der Waals surface area contributed by atoms with Gasteiger partial charge in [0.1, 0.15) is 18.1 Å². The first-order valence-corrected chi connectivity index (χ1v) is 6.89. The van der Waals surface area contributed by atoms with Gasteiger partial charge >= 0.3 is 0 Å². The number of nitro benzene ring substituents is 1. The van der Waals surface area contributed by atoms with Crippen LogP contribution >= 0.6 is 0 Å². The van der Waals surface area contributed by atoms with Crippen LogP contribution in [0.5, 0.6) is 11.5 Å². The average molecular weight is 311 g/mol. The largest absolute Gasteiger partial charge is 0.497 e. The SMILES string of the molecule is COc1ccc2c(c1)C(=O)C(=Cc1cccc([N+](=O)[O-])c1)CO2. The number of methoxy groups -OCH3 is 1. The summed E-state index contributed by atoms with van der Waals surface area (Å²) in [7, 11) is 1.52. The monoisotopic (exact) mass is 311 g/mol. The molecule has 0 amide bonds. The summed E-state index contributed by atoms with van der Waals surface area (Å²) in [5, 5.41) is 10.8. The van der Waals surface area contributed by atoms with Crippen LogP contribution in [0, 0.1) is 10.1 Å². The second-order valence-electron chi connectivity index (χ2n) is 5.00. The van der Waals surface area contributed by atoms with Crippen molar-refractivity contribution in [1.29, 1.82) is 0 Å². The molecule has 0 saturated carbocycles. The van der Waals surface area contributed by atoms with E-state index < -0.39 is 4.92 Å². The molecule has 0 bridgehead atoms. The van der Waals surface area contributed by atoms with Gasteiger partial charge in [-0.05, 0) is 29.8 Å². The third-order valence-electron chi connectivity index (χ3n) is 3.53. The second-order valence-corrected chi connectivity index (χ2v) is 5.00. The maximum Gasteiger partial charge on any atom is 0.270 e. The number of carbonyl (C=O) groups excluding carboxylic acids is 1. The predicted molar refractivity (Wildman–Crippen MR) is 83.9 cm³/mol. The van der Waals surface area contributed by atoms with Gasteiger partial charge in [-0.2, -0.15) is 0 Å². The first-order valence-electron chi connectivity index (χ1n) is 6.89. The van der Waals surface area contributed by atoms with Gasteiger partial charge in [-0.15, -0.1) is 0 Å². The van der Waals surface area contributed by atoms with Crippen molar-refractivity contribution in [3.05, 3.63) is 69.3 Å². The van der Waals surface area contributed by atoms with E-state index in [0.29, 0.717) is 28.2 Å². The second kappa shape index (κ2) is 5.92. The fourth-order valence-electron chi connectivity index (χ4n) is 2.37. The predicted octanol–water partition coefficient (Wildman–Crippen LogP) is 3.26. The normalized spacial score (nSPS) is 15.0. The van der Waals surface area contributed by atoms with E-state index in [4.69, 9.17) is 9.47 Å². The quantitative estimate of drug-likeness (QED) is 0.494. The average Bonchev–Trinajstić information content (AvgIpc) is 2.57. The zero-order valence-corrected chi connectivity index (χ0v) is 12.3. The highest BCUT2D eigenvalue weighted by molar-refractivity contribution is 6.14. The summed E-state index contributed by atoms with van der Waals surface area (Å²) in [4.78, 5) is 22.9. The summed E-state index contributed by atoms with van der Waals surface area (Å²) >= 11 is 0. The van der Waals surface area contributed by atoms with Crippen LogP contribution in [0.2, 0.25) is 0 Å². The van der Waals surface area contributed by atoms with Crippen LogP contribution in [-0.4, -0.2) is 24.4 Å². The molecule has 0 aliphatic carbocycles. The van der Waals surface area contributed by atoms with Crippen LogP contribution < -0.4 is 9.47 Å². The standard InChI is InChI=1S/C17H13NO5/c1-22-14-5-6-16-15(9-14)17(19)12(10-23-16)7-11-3-2-4-13(8-11)18(20)21/h2-9H,10H2,1H3. The molecule has 0 saturated heterocycles. The molecule has 2 aromatic carbocycles. The minimum absolute atomic E-state index is 0.0226. The highest BCUT2D eigenvalue weighted by Gasteiger charge is 2.24. The van der Waals surface area contributed by atoms with Crippen molar-refractivity contribution in [3.63, 3.8) is 0 Å². The minimum Gasteiger partial charge on any atom is -0.497 e. The van der Waals surface area contributed by atoms with Crippen LogP contribution in [0.1, 0.15) is 15.9 Å². The molecule has 6 heteroatoms. The molecule has 1 heterocycles. The van der Waals surface area contributed by atoms with Crippen LogP contribution in [-0.2, 0) is 0 Å². The summed E-state index contributed by atoms with van der Waals surface area (Å²) < 4.78 is 10.7. The van der Waals surface area contributed by atoms with E-state index in [1.165, 1.54) is 19.2 Å². The molecule has 3 rings (SSSR count). The molecule has 0 radical (unpaired) electrons. The van der Waals surface area contributed by atoms with E-state index in [0.717, 1.165) is 0 Å². The maximum atomic E-state index is 12.6. The lowest BCUT2D eigenvalue weighted by molar-refractivity contribution is -0.384. The number of carbonyl (C=O) groups is 1. The van der Waals surface area contributed by atoms with Gasteiger partial charge in [0.2, 0.25) is 0 Å².